The number of piperazine rings is 1. The number of amides is 2. The first-order valence-electron chi connectivity index (χ1n) is 8.19. The third-order valence-electron chi connectivity index (χ3n) is 4.10. The van der Waals surface area contributed by atoms with Crippen molar-refractivity contribution in [1.29, 1.82) is 0 Å². The number of carbonyl (C=O) groups excluding carboxylic acids is 2. The minimum atomic E-state index is -0.201. The average molecular weight is 318 g/mol. The van der Waals surface area contributed by atoms with Gasteiger partial charge in [-0.05, 0) is 25.0 Å². The Morgan fingerprint density at radius 3 is 2.83 bits per heavy atom. The summed E-state index contributed by atoms with van der Waals surface area (Å²) in [5.41, 5.74) is 1.90. The van der Waals surface area contributed by atoms with Crippen LogP contribution in [0.25, 0.3) is 0 Å². The third-order valence-corrected chi connectivity index (χ3v) is 4.10. The van der Waals surface area contributed by atoms with E-state index in [9.17, 15) is 9.59 Å². The normalized spacial score (nSPS) is 18.4. The Morgan fingerprint density at radius 2 is 2.09 bits per heavy atom. The first-order valence-corrected chi connectivity index (χ1v) is 8.19. The molecule has 23 heavy (non-hydrogen) atoms. The van der Waals surface area contributed by atoms with Gasteiger partial charge in [-0.25, -0.2) is 0 Å². The molecular weight excluding hydrogens is 292 g/mol. The lowest BCUT2D eigenvalue weighted by Crippen LogP contribution is -2.53. The summed E-state index contributed by atoms with van der Waals surface area (Å²) in [5.74, 6) is -0.315. The molecule has 1 aliphatic heterocycles. The maximum absolute atomic E-state index is 12.0. The summed E-state index contributed by atoms with van der Waals surface area (Å²) >= 11 is 0. The molecule has 1 saturated heterocycles. The molecule has 1 aromatic carbocycles. The monoisotopic (exact) mass is 318 g/mol. The van der Waals surface area contributed by atoms with E-state index in [1.165, 1.54) is 0 Å². The van der Waals surface area contributed by atoms with Crippen molar-refractivity contribution < 1.29 is 9.59 Å². The molecule has 0 spiro atoms. The highest BCUT2D eigenvalue weighted by Gasteiger charge is 2.20. The molecule has 0 aromatic heterocycles. The van der Waals surface area contributed by atoms with Crippen molar-refractivity contribution in [2.75, 3.05) is 38.0 Å². The molecule has 126 valence electrons. The van der Waals surface area contributed by atoms with Crippen LogP contribution in [-0.2, 0) is 16.0 Å². The van der Waals surface area contributed by atoms with Crippen molar-refractivity contribution in [1.82, 2.24) is 15.5 Å². The molecule has 6 nitrogen and oxygen atoms in total. The molecule has 2 amide bonds. The van der Waals surface area contributed by atoms with Crippen LogP contribution in [0.2, 0.25) is 0 Å². The molecule has 1 heterocycles. The highest BCUT2D eigenvalue weighted by atomic mass is 16.2. The summed E-state index contributed by atoms with van der Waals surface area (Å²) in [6, 6.07) is 8.03. The van der Waals surface area contributed by atoms with Crippen LogP contribution in [-0.4, -0.2) is 55.5 Å². The highest BCUT2D eigenvalue weighted by Crippen LogP contribution is 2.14. The maximum atomic E-state index is 12.0. The topological polar surface area (TPSA) is 73.5 Å². The molecule has 1 aliphatic rings. The van der Waals surface area contributed by atoms with E-state index >= 15 is 0 Å². The molecule has 0 aliphatic carbocycles. The Labute approximate surface area is 137 Å². The Balaban J connectivity index is 1.76. The Kier molecular flexibility index (Phi) is 6.55. The second-order valence-electron chi connectivity index (χ2n) is 5.86. The lowest BCUT2D eigenvalue weighted by atomic mass is 10.1. The average Bonchev–Trinajstić information content (AvgIpc) is 2.55. The van der Waals surface area contributed by atoms with Crippen LogP contribution in [0.5, 0.6) is 0 Å². The van der Waals surface area contributed by atoms with Crippen LogP contribution < -0.4 is 16.0 Å². The highest BCUT2D eigenvalue weighted by molar-refractivity contribution is 5.95. The van der Waals surface area contributed by atoms with Crippen LogP contribution in [0.3, 0.4) is 0 Å². The largest absolute Gasteiger partial charge is 0.346 e. The molecule has 1 aromatic rings. The SMILES string of the molecule is CCc1ccccc1NC(=O)CNC(=O)CN1CCNC[C@@H]1C. The summed E-state index contributed by atoms with van der Waals surface area (Å²) in [6.07, 6.45) is 0.851. The number of carbonyl (C=O) groups is 2. The zero-order valence-electron chi connectivity index (χ0n) is 13.9. The second kappa shape index (κ2) is 8.64. The number of benzene rings is 1. The molecule has 6 heteroatoms. The number of hydrogen-bond donors (Lipinski definition) is 3. The van der Waals surface area contributed by atoms with Gasteiger partial charge >= 0.3 is 0 Å². The number of hydrogen-bond acceptors (Lipinski definition) is 4. The smallest absolute Gasteiger partial charge is 0.243 e. The lowest BCUT2D eigenvalue weighted by Gasteiger charge is -2.33. The van der Waals surface area contributed by atoms with Crippen LogP contribution >= 0.6 is 0 Å². The van der Waals surface area contributed by atoms with Gasteiger partial charge in [0.15, 0.2) is 0 Å². The van der Waals surface area contributed by atoms with E-state index in [-0.39, 0.29) is 18.4 Å². The number of rotatable bonds is 6. The van der Waals surface area contributed by atoms with Crippen molar-refractivity contribution in [2.45, 2.75) is 26.3 Å². The predicted molar refractivity (Wildman–Crippen MR) is 91.4 cm³/mol. The van der Waals surface area contributed by atoms with Gasteiger partial charge in [0.05, 0.1) is 13.1 Å². The Morgan fingerprint density at radius 1 is 1.30 bits per heavy atom. The lowest BCUT2D eigenvalue weighted by molar-refractivity contribution is -0.125. The van der Waals surface area contributed by atoms with Crippen molar-refractivity contribution in [3.63, 3.8) is 0 Å². The molecule has 1 atom stereocenters. The van der Waals surface area contributed by atoms with Gasteiger partial charge in [0.2, 0.25) is 11.8 Å². The summed E-state index contributed by atoms with van der Waals surface area (Å²) in [7, 11) is 0. The standard InChI is InChI=1S/C17H26N4O2/c1-3-14-6-4-5-7-15(14)20-16(22)11-19-17(23)12-21-9-8-18-10-13(21)2/h4-7,13,18H,3,8-12H2,1-2H3,(H,19,23)(H,20,22)/t13-/m0/s1. The van der Waals surface area contributed by atoms with Gasteiger partial charge < -0.3 is 16.0 Å². The van der Waals surface area contributed by atoms with Crippen molar-refractivity contribution >= 4 is 17.5 Å². The van der Waals surface area contributed by atoms with Crippen LogP contribution in [0.15, 0.2) is 24.3 Å². The molecular formula is C17H26N4O2. The van der Waals surface area contributed by atoms with Crippen molar-refractivity contribution in [3.05, 3.63) is 29.8 Å². The van der Waals surface area contributed by atoms with Gasteiger partial charge in [-0.3, -0.25) is 14.5 Å². The van der Waals surface area contributed by atoms with Crippen molar-refractivity contribution in [2.24, 2.45) is 0 Å². The first-order chi connectivity index (χ1) is 11.1. The van der Waals surface area contributed by atoms with E-state index in [1.54, 1.807) is 0 Å². The van der Waals surface area contributed by atoms with Gasteiger partial charge in [-0.1, -0.05) is 25.1 Å². The summed E-state index contributed by atoms with van der Waals surface area (Å²) < 4.78 is 0. The van der Waals surface area contributed by atoms with Crippen LogP contribution in [0, 0.1) is 0 Å². The van der Waals surface area contributed by atoms with Gasteiger partial charge in [0.1, 0.15) is 0 Å². The summed E-state index contributed by atoms with van der Waals surface area (Å²) in [6.45, 7) is 7.10. The van der Waals surface area contributed by atoms with E-state index in [2.05, 4.69) is 27.8 Å². The third kappa shape index (κ3) is 5.33. The van der Waals surface area contributed by atoms with Gasteiger partial charge in [0.25, 0.3) is 0 Å². The zero-order valence-corrected chi connectivity index (χ0v) is 13.9. The summed E-state index contributed by atoms with van der Waals surface area (Å²) in [5, 5.41) is 8.84. The number of anilines is 1. The second-order valence-corrected chi connectivity index (χ2v) is 5.86. The Bertz CT molecular complexity index is 547. The van der Waals surface area contributed by atoms with Crippen molar-refractivity contribution in [3.8, 4) is 0 Å². The number of aryl methyl sites for hydroxylation is 1. The number of nitrogens with zero attached hydrogens (tertiary/aromatic N) is 1. The zero-order chi connectivity index (χ0) is 16.7. The fourth-order valence-corrected chi connectivity index (χ4v) is 2.68. The Hall–Kier alpha value is -1.92. The molecule has 0 radical (unpaired) electrons. The number of para-hydroxylation sites is 1. The van der Waals surface area contributed by atoms with Gasteiger partial charge in [0, 0.05) is 31.4 Å². The van der Waals surface area contributed by atoms with Crippen LogP contribution in [0.1, 0.15) is 19.4 Å². The fourth-order valence-electron chi connectivity index (χ4n) is 2.68. The predicted octanol–water partition coefficient (Wildman–Crippen LogP) is 0.597. The van der Waals surface area contributed by atoms with Gasteiger partial charge in [-0.15, -0.1) is 0 Å². The van der Waals surface area contributed by atoms with E-state index in [0.29, 0.717) is 12.6 Å². The molecule has 2 rings (SSSR count). The molecule has 0 bridgehead atoms. The summed E-state index contributed by atoms with van der Waals surface area (Å²) in [4.78, 5) is 26.1. The minimum absolute atomic E-state index is 0.00263. The molecule has 0 saturated carbocycles. The first kappa shape index (κ1) is 17.4. The quantitative estimate of drug-likeness (QED) is 0.718. The van der Waals surface area contributed by atoms with E-state index < -0.39 is 0 Å². The number of nitrogens with one attached hydrogen (secondary N) is 3. The van der Waals surface area contributed by atoms with Gasteiger partial charge in [-0.2, -0.15) is 0 Å². The fraction of sp³-hybridized carbons (Fsp3) is 0.529. The maximum Gasteiger partial charge on any atom is 0.243 e. The molecule has 1 fully saturated rings. The van der Waals surface area contributed by atoms with E-state index in [1.807, 2.05) is 31.2 Å². The molecule has 0 unspecified atom stereocenters. The van der Waals surface area contributed by atoms with Crippen LogP contribution in [0.4, 0.5) is 5.69 Å². The molecule has 3 N–H and O–H groups in total. The van der Waals surface area contributed by atoms with E-state index in [0.717, 1.165) is 37.3 Å². The van der Waals surface area contributed by atoms with E-state index in [4.69, 9.17) is 0 Å². The minimum Gasteiger partial charge on any atom is -0.346 e.